The third-order valence-electron chi connectivity index (χ3n) is 4.89. The summed E-state index contributed by atoms with van der Waals surface area (Å²) in [7, 11) is 0. The average Bonchev–Trinajstić information content (AvgIpc) is 2.55. The van der Waals surface area contributed by atoms with Gasteiger partial charge in [-0.05, 0) is 37.2 Å². The monoisotopic (exact) mass is 402 g/mol. The largest absolute Gasteiger partial charge is 0.464 e. The summed E-state index contributed by atoms with van der Waals surface area (Å²) in [6.45, 7) is 9.86. The molecule has 8 heteroatoms. The Bertz CT molecular complexity index is 737. The van der Waals surface area contributed by atoms with Crippen LogP contribution in [0.3, 0.4) is 0 Å². The standard InChI is InChI=1S/C20H29F3N2O3/c1-5-28-19(27)17(8-13(2)3)25-12-15(6-7-24-10-14(4)11-24)16(9-18(25)26)20(21,22)23/h9,12-14,17H,5-8,10-11H2,1-4H3. The van der Waals surface area contributed by atoms with Crippen LogP contribution >= 0.6 is 0 Å². The van der Waals surface area contributed by atoms with E-state index in [0.29, 0.717) is 24.9 Å². The van der Waals surface area contributed by atoms with Crippen molar-refractivity contribution in [1.29, 1.82) is 0 Å². The predicted molar refractivity (Wildman–Crippen MR) is 100 cm³/mol. The van der Waals surface area contributed by atoms with Gasteiger partial charge in [0.1, 0.15) is 6.04 Å². The molecule has 0 N–H and O–H groups in total. The van der Waals surface area contributed by atoms with Gasteiger partial charge in [-0.1, -0.05) is 20.8 Å². The minimum Gasteiger partial charge on any atom is -0.464 e. The number of hydrogen-bond donors (Lipinski definition) is 0. The van der Waals surface area contributed by atoms with Crippen LogP contribution in [0.25, 0.3) is 0 Å². The van der Waals surface area contributed by atoms with Gasteiger partial charge in [0.2, 0.25) is 0 Å². The highest BCUT2D eigenvalue weighted by Crippen LogP contribution is 2.32. The first-order valence-corrected chi connectivity index (χ1v) is 9.74. The number of hydrogen-bond acceptors (Lipinski definition) is 4. The van der Waals surface area contributed by atoms with Gasteiger partial charge in [0.15, 0.2) is 0 Å². The molecule has 1 atom stereocenters. The molecule has 0 radical (unpaired) electrons. The molecule has 1 saturated heterocycles. The van der Waals surface area contributed by atoms with E-state index in [4.69, 9.17) is 4.74 Å². The number of ether oxygens (including phenoxy) is 1. The number of esters is 1. The molecule has 0 spiro atoms. The van der Waals surface area contributed by atoms with Gasteiger partial charge >= 0.3 is 12.1 Å². The van der Waals surface area contributed by atoms with E-state index in [0.717, 1.165) is 17.7 Å². The summed E-state index contributed by atoms with van der Waals surface area (Å²) < 4.78 is 46.6. The molecular weight excluding hydrogens is 373 g/mol. The van der Waals surface area contributed by atoms with Gasteiger partial charge in [0.05, 0.1) is 12.2 Å². The lowest BCUT2D eigenvalue weighted by molar-refractivity contribution is -0.147. The van der Waals surface area contributed by atoms with Crippen LogP contribution < -0.4 is 5.56 Å². The van der Waals surface area contributed by atoms with Crippen LogP contribution in [0.15, 0.2) is 17.1 Å². The Kier molecular flexibility index (Phi) is 7.31. The maximum Gasteiger partial charge on any atom is 0.416 e. The lowest BCUT2D eigenvalue weighted by Crippen LogP contribution is -2.46. The Morgan fingerprint density at radius 1 is 1.32 bits per heavy atom. The zero-order valence-corrected chi connectivity index (χ0v) is 16.9. The van der Waals surface area contributed by atoms with E-state index < -0.39 is 29.3 Å². The lowest BCUT2D eigenvalue weighted by atomic mass is 9.99. The molecule has 1 aromatic heterocycles. The SMILES string of the molecule is CCOC(=O)C(CC(C)C)n1cc(CCN2CC(C)C2)c(C(F)(F)F)cc1=O. The maximum atomic E-state index is 13.5. The Morgan fingerprint density at radius 2 is 1.96 bits per heavy atom. The lowest BCUT2D eigenvalue weighted by Gasteiger charge is -2.37. The number of carbonyl (C=O) groups is 1. The van der Waals surface area contributed by atoms with Crippen molar-refractivity contribution in [2.24, 2.45) is 11.8 Å². The fourth-order valence-corrected chi connectivity index (χ4v) is 3.60. The number of pyridine rings is 1. The molecule has 28 heavy (non-hydrogen) atoms. The number of rotatable bonds is 8. The average molecular weight is 402 g/mol. The molecule has 1 unspecified atom stereocenters. The molecule has 1 aliphatic heterocycles. The van der Waals surface area contributed by atoms with E-state index >= 15 is 0 Å². The summed E-state index contributed by atoms with van der Waals surface area (Å²) in [5, 5.41) is 0. The van der Waals surface area contributed by atoms with E-state index in [1.54, 1.807) is 6.92 Å². The second-order valence-electron chi connectivity index (χ2n) is 7.97. The third-order valence-corrected chi connectivity index (χ3v) is 4.89. The molecule has 1 aliphatic rings. The zero-order chi connectivity index (χ0) is 21.1. The second kappa shape index (κ2) is 9.11. The zero-order valence-electron chi connectivity index (χ0n) is 16.9. The number of carbonyl (C=O) groups excluding carboxylic acids is 1. The number of alkyl halides is 3. The molecule has 2 heterocycles. The maximum absolute atomic E-state index is 13.5. The van der Waals surface area contributed by atoms with E-state index in [-0.39, 0.29) is 24.5 Å². The normalized spacial score (nSPS) is 16.9. The van der Waals surface area contributed by atoms with Crippen LogP contribution in [0.2, 0.25) is 0 Å². The van der Waals surface area contributed by atoms with Crippen molar-refractivity contribution in [2.45, 2.75) is 52.8 Å². The van der Waals surface area contributed by atoms with E-state index in [1.807, 2.05) is 13.8 Å². The van der Waals surface area contributed by atoms with Crippen molar-refractivity contribution in [2.75, 3.05) is 26.2 Å². The summed E-state index contributed by atoms with van der Waals surface area (Å²) in [4.78, 5) is 26.9. The molecule has 158 valence electrons. The molecule has 0 aliphatic carbocycles. The fourth-order valence-electron chi connectivity index (χ4n) is 3.60. The van der Waals surface area contributed by atoms with Crippen molar-refractivity contribution in [1.82, 2.24) is 9.47 Å². The van der Waals surface area contributed by atoms with Crippen LogP contribution in [0.5, 0.6) is 0 Å². The molecule has 1 fully saturated rings. The Morgan fingerprint density at radius 3 is 2.46 bits per heavy atom. The Balaban J connectivity index is 2.40. The van der Waals surface area contributed by atoms with Gasteiger partial charge < -0.3 is 14.2 Å². The smallest absolute Gasteiger partial charge is 0.416 e. The van der Waals surface area contributed by atoms with Gasteiger partial charge in [-0.3, -0.25) is 4.79 Å². The van der Waals surface area contributed by atoms with Crippen molar-refractivity contribution in [3.63, 3.8) is 0 Å². The van der Waals surface area contributed by atoms with Crippen molar-refractivity contribution >= 4 is 5.97 Å². The molecule has 2 rings (SSSR count). The first-order valence-electron chi connectivity index (χ1n) is 9.74. The van der Waals surface area contributed by atoms with E-state index in [1.165, 1.54) is 6.20 Å². The van der Waals surface area contributed by atoms with Gasteiger partial charge in [-0.2, -0.15) is 13.2 Å². The van der Waals surface area contributed by atoms with E-state index in [2.05, 4.69) is 11.8 Å². The topological polar surface area (TPSA) is 51.5 Å². The van der Waals surface area contributed by atoms with Crippen LogP contribution in [0, 0.1) is 11.8 Å². The molecule has 1 aromatic rings. The van der Waals surface area contributed by atoms with Gasteiger partial charge in [0.25, 0.3) is 5.56 Å². The molecule has 0 amide bonds. The van der Waals surface area contributed by atoms with Crippen molar-refractivity contribution < 1.29 is 22.7 Å². The van der Waals surface area contributed by atoms with Gasteiger partial charge in [-0.15, -0.1) is 0 Å². The summed E-state index contributed by atoms with van der Waals surface area (Å²) in [6, 6.07) is -0.321. The third kappa shape index (κ3) is 5.59. The molecule has 0 bridgehead atoms. The van der Waals surface area contributed by atoms with Crippen LogP contribution in [0.4, 0.5) is 13.2 Å². The van der Waals surface area contributed by atoms with Gasteiger partial charge in [-0.25, -0.2) is 4.79 Å². The molecular formula is C20H29F3N2O3. The van der Waals surface area contributed by atoms with Crippen LogP contribution in [-0.4, -0.2) is 41.7 Å². The summed E-state index contributed by atoms with van der Waals surface area (Å²) in [5.74, 6) is 0.0190. The number of likely N-dealkylation sites (tertiary alicyclic amines) is 1. The van der Waals surface area contributed by atoms with Gasteiger partial charge in [0, 0.05) is 31.9 Å². The van der Waals surface area contributed by atoms with Crippen molar-refractivity contribution in [3.05, 3.63) is 33.7 Å². The highest BCUT2D eigenvalue weighted by molar-refractivity contribution is 5.74. The second-order valence-corrected chi connectivity index (χ2v) is 7.97. The highest BCUT2D eigenvalue weighted by Gasteiger charge is 2.36. The first-order chi connectivity index (χ1) is 13.0. The van der Waals surface area contributed by atoms with E-state index in [9.17, 15) is 22.8 Å². The molecule has 0 aromatic carbocycles. The summed E-state index contributed by atoms with van der Waals surface area (Å²) in [6.07, 6.45) is -2.93. The minimum absolute atomic E-state index is 0.0321. The number of halogens is 3. The van der Waals surface area contributed by atoms with Crippen molar-refractivity contribution in [3.8, 4) is 0 Å². The Labute approximate surface area is 163 Å². The Hall–Kier alpha value is -1.83. The molecule has 0 saturated carbocycles. The minimum atomic E-state index is -4.62. The number of nitrogens with zero attached hydrogens (tertiary/aromatic N) is 2. The predicted octanol–water partition coefficient (Wildman–Crippen LogP) is 3.51. The fraction of sp³-hybridized carbons (Fsp3) is 0.700. The summed E-state index contributed by atoms with van der Waals surface area (Å²) in [5.41, 5.74) is -1.73. The molecule has 5 nitrogen and oxygen atoms in total. The highest BCUT2D eigenvalue weighted by atomic mass is 19.4. The van der Waals surface area contributed by atoms with Crippen LogP contribution in [-0.2, 0) is 22.1 Å². The summed E-state index contributed by atoms with van der Waals surface area (Å²) >= 11 is 0. The quantitative estimate of drug-likeness (QED) is 0.625. The first kappa shape index (κ1) is 22.5. The van der Waals surface area contributed by atoms with Crippen LogP contribution in [0.1, 0.15) is 51.3 Å². The number of aromatic nitrogens is 1.